The fourth-order valence-electron chi connectivity index (χ4n) is 3.97. The number of rotatable bonds is 4. The normalized spacial score (nSPS) is 10.0. The van der Waals surface area contributed by atoms with Gasteiger partial charge in [0.15, 0.2) is 22.8 Å². The molecule has 0 spiro atoms. The van der Waals surface area contributed by atoms with E-state index in [2.05, 4.69) is 19.9 Å². The molecular weight excluding hydrogens is 472 g/mol. The summed E-state index contributed by atoms with van der Waals surface area (Å²) < 4.78 is 0. The number of hydrogen-bond acceptors (Lipinski definition) is 8. The van der Waals surface area contributed by atoms with Gasteiger partial charge in [-0.15, -0.1) is 0 Å². The minimum atomic E-state index is -0.0609. The van der Waals surface area contributed by atoms with Gasteiger partial charge in [-0.1, -0.05) is 84.9 Å². The summed E-state index contributed by atoms with van der Waals surface area (Å²) in [6.45, 7) is 0. The van der Waals surface area contributed by atoms with Crippen LogP contribution in [0.4, 0.5) is 0 Å². The Labute approximate surface area is 218 Å². The van der Waals surface area contributed by atoms with E-state index in [1.807, 2.05) is 84.9 Å². The Morgan fingerprint density at radius 3 is 0.816 bits per heavy atom. The lowest BCUT2D eigenvalue weighted by Crippen LogP contribution is -2.02. The lowest BCUT2D eigenvalue weighted by Gasteiger charge is -2.12. The first-order valence-electron chi connectivity index (χ1n) is 11.3. The maximum Gasteiger partial charge on any atom is 0.177 e. The van der Waals surface area contributed by atoms with Crippen molar-refractivity contribution in [3.05, 3.63) is 108 Å². The fourth-order valence-corrected chi connectivity index (χ4v) is 3.97. The van der Waals surface area contributed by atoms with Crippen molar-refractivity contribution in [1.82, 2.24) is 19.9 Å². The third-order valence-electron chi connectivity index (χ3n) is 5.74. The Kier molecular flexibility index (Phi) is 6.30. The molecule has 0 atom stereocenters. The zero-order valence-corrected chi connectivity index (χ0v) is 19.7. The van der Waals surface area contributed by atoms with Crippen molar-refractivity contribution in [1.29, 1.82) is 21.0 Å². The third kappa shape index (κ3) is 4.30. The van der Waals surface area contributed by atoms with Crippen LogP contribution in [0.5, 0.6) is 0 Å². The van der Waals surface area contributed by atoms with Crippen LogP contribution in [-0.2, 0) is 0 Å². The zero-order valence-electron chi connectivity index (χ0n) is 19.7. The molecule has 0 aliphatic carbocycles. The molecule has 0 saturated carbocycles. The van der Waals surface area contributed by atoms with Crippen LogP contribution in [0.3, 0.4) is 0 Å². The van der Waals surface area contributed by atoms with Crippen LogP contribution in [0.15, 0.2) is 84.9 Å². The first-order valence-corrected chi connectivity index (χ1v) is 11.3. The summed E-state index contributed by atoms with van der Waals surface area (Å²) in [4.78, 5) is 17.8. The largest absolute Gasteiger partial charge is 0.232 e. The van der Waals surface area contributed by atoms with Gasteiger partial charge in [0.05, 0.1) is 22.8 Å². The first kappa shape index (κ1) is 23.5. The highest BCUT2D eigenvalue weighted by Crippen LogP contribution is 2.34. The van der Waals surface area contributed by atoms with Gasteiger partial charge in [-0.25, -0.2) is 19.9 Å². The first-order chi connectivity index (χ1) is 18.7. The van der Waals surface area contributed by atoms with Gasteiger partial charge in [-0.2, -0.15) is 21.0 Å². The van der Waals surface area contributed by atoms with Gasteiger partial charge in [0.2, 0.25) is 0 Å². The molecule has 0 fully saturated rings. The number of nitrogens with zero attached hydrogens (tertiary/aromatic N) is 8. The molecule has 8 nitrogen and oxygen atoms in total. The molecule has 0 radical (unpaired) electrons. The maximum absolute atomic E-state index is 9.54. The third-order valence-corrected chi connectivity index (χ3v) is 5.74. The van der Waals surface area contributed by atoms with Crippen molar-refractivity contribution < 1.29 is 0 Å². The molecular formula is C30H14N8. The monoisotopic (exact) mass is 486 g/mol. The number of hydrogen-bond donors (Lipinski definition) is 0. The highest BCUT2D eigenvalue weighted by Gasteiger charge is 2.19. The van der Waals surface area contributed by atoms with Crippen molar-refractivity contribution in [2.24, 2.45) is 0 Å². The molecule has 0 bridgehead atoms. The summed E-state index contributed by atoms with van der Waals surface area (Å²) in [5.74, 6) is 0. The van der Waals surface area contributed by atoms with Gasteiger partial charge in [-0.3, -0.25) is 0 Å². The van der Waals surface area contributed by atoms with Crippen LogP contribution in [-0.4, -0.2) is 19.9 Å². The quantitative estimate of drug-likeness (QED) is 0.327. The second kappa shape index (κ2) is 10.2. The fraction of sp³-hybridized carbons (Fsp3) is 0. The summed E-state index contributed by atoms with van der Waals surface area (Å²) in [5.41, 5.74) is 4.48. The highest BCUT2D eigenvalue weighted by molar-refractivity contribution is 5.82. The molecule has 0 aliphatic heterocycles. The van der Waals surface area contributed by atoms with Gasteiger partial charge in [0.25, 0.3) is 0 Å². The average Bonchev–Trinajstić information content (AvgIpc) is 3.00. The van der Waals surface area contributed by atoms with Crippen LogP contribution in [0.2, 0.25) is 0 Å². The Bertz CT molecular complexity index is 1700. The Balaban J connectivity index is 1.68. The SMILES string of the molecule is N#Cc1nc(-c2ccccc2)c(-c2ccc(-c3nc(C#N)c(C#N)nc3-c3ccccc3)cc2)nc1C#N. The Morgan fingerprint density at radius 2 is 0.579 bits per heavy atom. The minimum Gasteiger partial charge on any atom is -0.232 e. The molecule has 0 amide bonds. The summed E-state index contributed by atoms with van der Waals surface area (Å²) in [7, 11) is 0. The number of aromatic nitrogens is 4. The van der Waals surface area contributed by atoms with Crippen LogP contribution in [0.1, 0.15) is 22.8 Å². The van der Waals surface area contributed by atoms with E-state index < -0.39 is 0 Å². The van der Waals surface area contributed by atoms with Gasteiger partial charge in [0, 0.05) is 22.3 Å². The van der Waals surface area contributed by atoms with E-state index in [0.717, 1.165) is 11.1 Å². The predicted octanol–water partition coefficient (Wildman–Crippen LogP) is 5.42. The second-order valence-electron chi connectivity index (χ2n) is 7.99. The van der Waals surface area contributed by atoms with Gasteiger partial charge >= 0.3 is 0 Å². The van der Waals surface area contributed by atoms with Gasteiger partial charge < -0.3 is 0 Å². The molecule has 8 heteroatoms. The van der Waals surface area contributed by atoms with Crippen LogP contribution in [0.25, 0.3) is 45.0 Å². The van der Waals surface area contributed by atoms with Gasteiger partial charge in [0.1, 0.15) is 24.3 Å². The van der Waals surface area contributed by atoms with E-state index in [0.29, 0.717) is 33.9 Å². The van der Waals surface area contributed by atoms with Crippen molar-refractivity contribution >= 4 is 0 Å². The van der Waals surface area contributed by atoms with E-state index in [9.17, 15) is 21.0 Å². The molecule has 0 aliphatic rings. The summed E-state index contributed by atoms with van der Waals surface area (Å²) in [6, 6.07) is 33.6. The maximum atomic E-state index is 9.54. The van der Waals surface area contributed by atoms with Crippen LogP contribution < -0.4 is 0 Å². The number of nitriles is 4. The minimum absolute atomic E-state index is 0.0453. The molecule has 2 aromatic heterocycles. The van der Waals surface area contributed by atoms with E-state index in [-0.39, 0.29) is 22.8 Å². The van der Waals surface area contributed by atoms with E-state index in [1.54, 1.807) is 24.3 Å². The Morgan fingerprint density at radius 1 is 0.342 bits per heavy atom. The zero-order chi connectivity index (χ0) is 26.5. The second-order valence-corrected chi connectivity index (χ2v) is 7.99. The number of benzene rings is 3. The van der Waals surface area contributed by atoms with Crippen molar-refractivity contribution in [3.8, 4) is 69.3 Å². The summed E-state index contributed by atoms with van der Waals surface area (Å²) >= 11 is 0. The standard InChI is InChI=1S/C30H14N8/c31-15-23-25(17-33)37-29(27(35-23)19-7-3-1-4-8-19)21-11-13-22(14-12-21)30-28(20-9-5-2-6-10-20)36-24(16-32)26(18-34)38-30/h1-14H. The molecule has 38 heavy (non-hydrogen) atoms. The molecule has 5 aromatic rings. The Hall–Kier alpha value is -6.22. The van der Waals surface area contributed by atoms with E-state index >= 15 is 0 Å². The highest BCUT2D eigenvalue weighted by atomic mass is 14.9. The molecule has 2 heterocycles. The van der Waals surface area contributed by atoms with Crippen LogP contribution in [0, 0.1) is 45.3 Å². The smallest absolute Gasteiger partial charge is 0.177 e. The molecule has 5 rings (SSSR count). The molecule has 0 unspecified atom stereocenters. The summed E-state index contributed by atoms with van der Waals surface area (Å²) in [6.07, 6.45) is 0. The topological polar surface area (TPSA) is 147 Å². The molecule has 3 aromatic carbocycles. The predicted molar refractivity (Wildman–Crippen MR) is 138 cm³/mol. The van der Waals surface area contributed by atoms with E-state index in [1.165, 1.54) is 0 Å². The average molecular weight is 486 g/mol. The lowest BCUT2D eigenvalue weighted by atomic mass is 9.99. The molecule has 0 saturated heterocycles. The molecule has 174 valence electrons. The van der Waals surface area contributed by atoms with Crippen molar-refractivity contribution in [3.63, 3.8) is 0 Å². The molecule has 0 N–H and O–H groups in total. The van der Waals surface area contributed by atoms with Gasteiger partial charge in [-0.05, 0) is 0 Å². The van der Waals surface area contributed by atoms with E-state index in [4.69, 9.17) is 0 Å². The van der Waals surface area contributed by atoms with Crippen LogP contribution >= 0.6 is 0 Å². The van der Waals surface area contributed by atoms with Crippen molar-refractivity contribution in [2.45, 2.75) is 0 Å². The van der Waals surface area contributed by atoms with Crippen molar-refractivity contribution in [2.75, 3.05) is 0 Å². The lowest BCUT2D eigenvalue weighted by molar-refractivity contribution is 1.13. The summed E-state index contributed by atoms with van der Waals surface area (Å²) in [5, 5.41) is 38.0.